The van der Waals surface area contributed by atoms with Gasteiger partial charge in [0.1, 0.15) is 0 Å². The Morgan fingerprint density at radius 1 is 1.20 bits per heavy atom. The standard InChI is InChI=1S/C23H27N5OS/c1-3-27(4-2)22(29)16-8-7-13-28(15-16)23(30)26-20-14-19-17(9-5-11-24-19)18-10-6-12-25-21(18)20/h5-6,9-12,14,16H,3-4,7-8,13,15H2,1-2H3,(H,26,30)/t16-/m0/s1. The van der Waals surface area contributed by atoms with Gasteiger partial charge in [-0.05, 0) is 57.1 Å². The summed E-state index contributed by atoms with van der Waals surface area (Å²) >= 11 is 5.75. The molecular weight excluding hydrogens is 394 g/mol. The first-order chi connectivity index (χ1) is 14.6. The maximum absolute atomic E-state index is 12.8. The van der Waals surface area contributed by atoms with Crippen molar-refractivity contribution in [2.45, 2.75) is 26.7 Å². The highest BCUT2D eigenvalue weighted by molar-refractivity contribution is 7.80. The highest BCUT2D eigenvalue weighted by Crippen LogP contribution is 2.30. The number of nitrogens with one attached hydrogen (secondary N) is 1. The molecule has 1 fully saturated rings. The second-order valence-electron chi connectivity index (χ2n) is 7.62. The fourth-order valence-electron chi connectivity index (χ4n) is 4.25. The normalized spacial score (nSPS) is 16.6. The Hall–Kier alpha value is -2.80. The molecule has 1 atom stereocenters. The van der Waals surface area contributed by atoms with E-state index in [0.29, 0.717) is 11.7 Å². The van der Waals surface area contributed by atoms with Crippen LogP contribution in [0.4, 0.5) is 5.69 Å². The van der Waals surface area contributed by atoms with E-state index in [1.54, 1.807) is 12.4 Å². The highest BCUT2D eigenvalue weighted by Gasteiger charge is 2.29. The smallest absolute Gasteiger partial charge is 0.227 e. The molecule has 0 unspecified atom stereocenters. The van der Waals surface area contributed by atoms with Gasteiger partial charge in [-0.15, -0.1) is 0 Å². The second kappa shape index (κ2) is 8.92. The summed E-state index contributed by atoms with van der Waals surface area (Å²) in [5.41, 5.74) is 2.61. The molecule has 2 aromatic heterocycles. The van der Waals surface area contributed by atoms with Gasteiger partial charge in [0.25, 0.3) is 0 Å². The maximum atomic E-state index is 12.8. The zero-order valence-corrected chi connectivity index (χ0v) is 18.3. The van der Waals surface area contributed by atoms with Crippen molar-refractivity contribution in [2.75, 3.05) is 31.5 Å². The van der Waals surface area contributed by atoms with E-state index in [2.05, 4.69) is 32.3 Å². The number of pyridine rings is 2. The number of hydrogen-bond donors (Lipinski definition) is 1. The number of rotatable bonds is 4. The van der Waals surface area contributed by atoms with Crippen molar-refractivity contribution in [3.05, 3.63) is 42.7 Å². The van der Waals surface area contributed by atoms with Crippen LogP contribution in [-0.2, 0) is 4.79 Å². The molecule has 7 heteroatoms. The number of fused-ring (bicyclic) bond motifs is 3. The van der Waals surface area contributed by atoms with Gasteiger partial charge in [0.05, 0.1) is 22.6 Å². The minimum absolute atomic E-state index is 0.00783. The molecule has 3 aromatic rings. The van der Waals surface area contributed by atoms with Gasteiger partial charge in [0, 0.05) is 49.3 Å². The number of piperidine rings is 1. The summed E-state index contributed by atoms with van der Waals surface area (Å²) in [6.07, 6.45) is 5.45. The number of hydrogen-bond acceptors (Lipinski definition) is 4. The van der Waals surface area contributed by atoms with E-state index < -0.39 is 0 Å². The molecule has 6 nitrogen and oxygen atoms in total. The van der Waals surface area contributed by atoms with E-state index in [4.69, 9.17) is 12.2 Å². The van der Waals surface area contributed by atoms with Crippen molar-refractivity contribution in [1.29, 1.82) is 0 Å². The van der Waals surface area contributed by atoms with Gasteiger partial charge in [-0.3, -0.25) is 14.8 Å². The molecule has 0 radical (unpaired) electrons. The summed E-state index contributed by atoms with van der Waals surface area (Å²) in [5.74, 6) is 0.223. The third-order valence-electron chi connectivity index (χ3n) is 5.85. The number of nitrogens with zero attached hydrogens (tertiary/aromatic N) is 4. The van der Waals surface area contributed by atoms with Crippen LogP contribution in [0.2, 0.25) is 0 Å². The van der Waals surface area contributed by atoms with Crippen molar-refractivity contribution in [3.63, 3.8) is 0 Å². The summed E-state index contributed by atoms with van der Waals surface area (Å²) in [7, 11) is 0. The topological polar surface area (TPSA) is 61.4 Å². The lowest BCUT2D eigenvalue weighted by atomic mass is 9.96. The summed E-state index contributed by atoms with van der Waals surface area (Å²) in [6.45, 7) is 7.05. The molecule has 0 saturated carbocycles. The lowest BCUT2D eigenvalue weighted by molar-refractivity contribution is -0.136. The van der Waals surface area contributed by atoms with Crippen LogP contribution in [0.5, 0.6) is 0 Å². The third-order valence-corrected chi connectivity index (χ3v) is 6.21. The SMILES string of the molecule is CCN(CC)C(=O)[C@H]1CCCN(C(=S)Nc2cc3ncccc3c3cccnc23)C1. The van der Waals surface area contributed by atoms with E-state index in [9.17, 15) is 4.79 Å². The van der Waals surface area contributed by atoms with Crippen molar-refractivity contribution in [3.8, 4) is 0 Å². The van der Waals surface area contributed by atoms with Gasteiger partial charge in [-0.1, -0.05) is 12.1 Å². The molecule has 1 aliphatic heterocycles. The van der Waals surface area contributed by atoms with E-state index >= 15 is 0 Å². The van der Waals surface area contributed by atoms with Crippen LogP contribution in [0.15, 0.2) is 42.7 Å². The molecule has 3 heterocycles. The average Bonchev–Trinajstić information content (AvgIpc) is 2.80. The zero-order chi connectivity index (χ0) is 21.1. The van der Waals surface area contributed by atoms with E-state index in [-0.39, 0.29) is 11.8 Å². The number of amides is 1. The predicted octanol–water partition coefficient (Wildman–Crippen LogP) is 4.06. The number of likely N-dealkylation sites (tertiary alicyclic amines) is 1. The molecule has 4 rings (SSSR count). The molecule has 156 valence electrons. The number of thiocarbonyl (C=S) groups is 1. The maximum Gasteiger partial charge on any atom is 0.227 e. The fourth-order valence-corrected chi connectivity index (χ4v) is 4.52. The second-order valence-corrected chi connectivity index (χ2v) is 8.01. The highest BCUT2D eigenvalue weighted by atomic mass is 32.1. The Labute approximate surface area is 182 Å². The Morgan fingerprint density at radius 3 is 2.70 bits per heavy atom. The Balaban J connectivity index is 1.57. The molecule has 1 amide bonds. The van der Waals surface area contributed by atoms with Gasteiger partial charge in [0.15, 0.2) is 5.11 Å². The van der Waals surface area contributed by atoms with Gasteiger partial charge in [-0.25, -0.2) is 0 Å². The predicted molar refractivity (Wildman–Crippen MR) is 125 cm³/mol. The monoisotopic (exact) mass is 421 g/mol. The van der Waals surface area contributed by atoms with Crippen LogP contribution < -0.4 is 5.32 Å². The minimum atomic E-state index is -0.00783. The van der Waals surface area contributed by atoms with Crippen molar-refractivity contribution in [2.24, 2.45) is 5.92 Å². The van der Waals surface area contributed by atoms with Gasteiger partial charge >= 0.3 is 0 Å². The summed E-state index contributed by atoms with van der Waals surface area (Å²) in [6, 6.07) is 9.99. The molecule has 1 aliphatic rings. The van der Waals surface area contributed by atoms with E-state index in [1.807, 2.05) is 36.9 Å². The summed E-state index contributed by atoms with van der Waals surface area (Å²) < 4.78 is 0. The molecular formula is C23H27N5OS. The van der Waals surface area contributed by atoms with Crippen LogP contribution in [-0.4, -0.2) is 57.0 Å². The molecule has 0 spiro atoms. The van der Waals surface area contributed by atoms with Crippen LogP contribution in [0.25, 0.3) is 21.8 Å². The van der Waals surface area contributed by atoms with E-state index in [0.717, 1.165) is 60.0 Å². The van der Waals surface area contributed by atoms with Gasteiger partial charge in [0.2, 0.25) is 5.91 Å². The first-order valence-corrected chi connectivity index (χ1v) is 11.0. The quantitative estimate of drug-likeness (QED) is 0.506. The third kappa shape index (κ3) is 3.94. The Kier molecular flexibility index (Phi) is 6.08. The van der Waals surface area contributed by atoms with Gasteiger partial charge in [-0.2, -0.15) is 0 Å². The number of anilines is 1. The van der Waals surface area contributed by atoms with Crippen LogP contribution in [0, 0.1) is 5.92 Å². The number of aromatic nitrogens is 2. The van der Waals surface area contributed by atoms with Crippen LogP contribution in [0.3, 0.4) is 0 Å². The molecule has 0 bridgehead atoms. The number of carbonyl (C=O) groups excluding carboxylic acids is 1. The van der Waals surface area contributed by atoms with Crippen LogP contribution >= 0.6 is 12.2 Å². The molecule has 0 aliphatic carbocycles. The lowest BCUT2D eigenvalue weighted by Crippen LogP contribution is -2.47. The summed E-state index contributed by atoms with van der Waals surface area (Å²) in [4.78, 5) is 26.0. The van der Waals surface area contributed by atoms with E-state index in [1.165, 1.54) is 0 Å². The first-order valence-electron chi connectivity index (χ1n) is 10.6. The molecule has 1 aromatic carbocycles. The number of benzene rings is 1. The van der Waals surface area contributed by atoms with Crippen molar-refractivity contribution < 1.29 is 4.79 Å². The minimum Gasteiger partial charge on any atom is -0.348 e. The largest absolute Gasteiger partial charge is 0.348 e. The molecule has 1 saturated heterocycles. The van der Waals surface area contributed by atoms with Crippen molar-refractivity contribution >= 4 is 50.7 Å². The van der Waals surface area contributed by atoms with Crippen LogP contribution in [0.1, 0.15) is 26.7 Å². The fraction of sp³-hybridized carbons (Fsp3) is 0.391. The Morgan fingerprint density at radius 2 is 1.93 bits per heavy atom. The molecule has 30 heavy (non-hydrogen) atoms. The lowest BCUT2D eigenvalue weighted by Gasteiger charge is -2.36. The average molecular weight is 422 g/mol. The Bertz CT molecular complexity index is 1080. The van der Waals surface area contributed by atoms with Gasteiger partial charge < -0.3 is 15.1 Å². The molecule has 1 N–H and O–H groups in total. The number of carbonyl (C=O) groups is 1. The van der Waals surface area contributed by atoms with Crippen molar-refractivity contribution in [1.82, 2.24) is 19.8 Å². The summed E-state index contributed by atoms with van der Waals surface area (Å²) in [5, 5.41) is 6.14. The zero-order valence-electron chi connectivity index (χ0n) is 17.5. The first kappa shape index (κ1) is 20.5.